The zero-order chi connectivity index (χ0) is 15.4. The number of hydrogen-bond donors (Lipinski definition) is 2. The Morgan fingerprint density at radius 3 is 2.57 bits per heavy atom. The fraction of sp³-hybridized carbons (Fsp3) is 0.533. The SMILES string of the molecule is COc1cc(Cl)c(NC2CCCC(C(=O)O)C2)cc1OC. The minimum atomic E-state index is -0.722. The van der Waals surface area contributed by atoms with Crippen LogP contribution in [-0.4, -0.2) is 31.3 Å². The van der Waals surface area contributed by atoms with Gasteiger partial charge < -0.3 is 19.9 Å². The first-order valence-corrected chi connectivity index (χ1v) is 7.33. The Bertz CT molecular complexity index is 521. The molecule has 1 saturated carbocycles. The van der Waals surface area contributed by atoms with Crippen molar-refractivity contribution in [1.29, 1.82) is 0 Å². The lowest BCUT2D eigenvalue weighted by Crippen LogP contribution is -2.31. The minimum absolute atomic E-state index is 0.107. The van der Waals surface area contributed by atoms with Gasteiger partial charge in [0.15, 0.2) is 11.5 Å². The number of carbonyl (C=O) groups is 1. The molecule has 0 aromatic heterocycles. The predicted molar refractivity (Wildman–Crippen MR) is 81.6 cm³/mol. The van der Waals surface area contributed by atoms with Crippen molar-refractivity contribution in [2.24, 2.45) is 5.92 Å². The largest absolute Gasteiger partial charge is 0.493 e. The molecule has 0 amide bonds. The molecule has 21 heavy (non-hydrogen) atoms. The van der Waals surface area contributed by atoms with Crippen molar-refractivity contribution in [2.75, 3.05) is 19.5 Å². The second-order valence-corrected chi connectivity index (χ2v) is 5.64. The van der Waals surface area contributed by atoms with Crippen molar-refractivity contribution < 1.29 is 19.4 Å². The van der Waals surface area contributed by atoms with Gasteiger partial charge in [-0.1, -0.05) is 18.0 Å². The van der Waals surface area contributed by atoms with Crippen LogP contribution in [0.2, 0.25) is 5.02 Å². The van der Waals surface area contributed by atoms with E-state index >= 15 is 0 Å². The summed E-state index contributed by atoms with van der Waals surface area (Å²) in [6.45, 7) is 0. The number of nitrogens with one attached hydrogen (secondary N) is 1. The van der Waals surface area contributed by atoms with Crippen LogP contribution in [0, 0.1) is 5.92 Å². The molecule has 1 aliphatic carbocycles. The van der Waals surface area contributed by atoms with Gasteiger partial charge >= 0.3 is 5.97 Å². The molecule has 1 aromatic rings. The van der Waals surface area contributed by atoms with Crippen molar-refractivity contribution in [3.05, 3.63) is 17.2 Å². The summed E-state index contributed by atoms with van der Waals surface area (Å²) in [5.74, 6) is 0.158. The monoisotopic (exact) mass is 313 g/mol. The highest BCUT2D eigenvalue weighted by Gasteiger charge is 2.27. The normalized spacial score (nSPS) is 21.7. The average molecular weight is 314 g/mol. The second-order valence-electron chi connectivity index (χ2n) is 5.23. The van der Waals surface area contributed by atoms with E-state index in [1.54, 1.807) is 26.4 Å². The predicted octanol–water partition coefficient (Wildman–Crippen LogP) is 3.41. The lowest BCUT2D eigenvalue weighted by Gasteiger charge is -2.28. The molecule has 2 unspecified atom stereocenters. The number of carboxylic acid groups (broad SMARTS) is 1. The minimum Gasteiger partial charge on any atom is -0.493 e. The van der Waals surface area contributed by atoms with Crippen LogP contribution < -0.4 is 14.8 Å². The first-order chi connectivity index (χ1) is 10.0. The number of ether oxygens (including phenoxy) is 2. The van der Waals surface area contributed by atoms with E-state index in [1.165, 1.54) is 0 Å². The molecule has 1 fully saturated rings. The van der Waals surface area contributed by atoms with Gasteiger partial charge in [-0.25, -0.2) is 0 Å². The van der Waals surface area contributed by atoms with Crippen LogP contribution in [-0.2, 0) is 4.79 Å². The van der Waals surface area contributed by atoms with Gasteiger partial charge in [-0.05, 0) is 19.3 Å². The lowest BCUT2D eigenvalue weighted by atomic mass is 9.85. The van der Waals surface area contributed by atoms with Crippen LogP contribution in [0.15, 0.2) is 12.1 Å². The maximum Gasteiger partial charge on any atom is 0.306 e. The van der Waals surface area contributed by atoms with Crippen molar-refractivity contribution in [3.63, 3.8) is 0 Å². The van der Waals surface area contributed by atoms with Crippen molar-refractivity contribution in [1.82, 2.24) is 0 Å². The van der Waals surface area contributed by atoms with Gasteiger partial charge in [0.2, 0.25) is 0 Å². The third kappa shape index (κ3) is 3.73. The summed E-state index contributed by atoms with van der Waals surface area (Å²) in [6.07, 6.45) is 3.20. The van der Waals surface area contributed by atoms with Crippen LogP contribution in [0.1, 0.15) is 25.7 Å². The van der Waals surface area contributed by atoms with E-state index in [-0.39, 0.29) is 12.0 Å². The number of aliphatic carboxylic acids is 1. The molecule has 0 bridgehead atoms. The third-order valence-electron chi connectivity index (χ3n) is 3.86. The molecule has 1 aliphatic rings. The molecule has 2 rings (SSSR count). The van der Waals surface area contributed by atoms with E-state index in [4.69, 9.17) is 26.2 Å². The molecule has 0 radical (unpaired) electrons. The fourth-order valence-corrected chi connectivity index (χ4v) is 2.94. The topological polar surface area (TPSA) is 67.8 Å². The Hall–Kier alpha value is -1.62. The first-order valence-electron chi connectivity index (χ1n) is 6.96. The maximum absolute atomic E-state index is 11.1. The van der Waals surface area contributed by atoms with Gasteiger partial charge in [-0.3, -0.25) is 4.79 Å². The summed E-state index contributed by atoms with van der Waals surface area (Å²) < 4.78 is 10.5. The van der Waals surface area contributed by atoms with Crippen molar-refractivity contribution >= 4 is 23.3 Å². The molecule has 2 atom stereocenters. The Balaban J connectivity index is 2.13. The third-order valence-corrected chi connectivity index (χ3v) is 4.17. The number of halogens is 1. The molecular formula is C15H20ClNO4. The van der Waals surface area contributed by atoms with E-state index in [0.717, 1.165) is 24.9 Å². The number of carboxylic acids is 1. The standard InChI is InChI=1S/C15H20ClNO4/c1-20-13-7-11(16)12(8-14(13)21-2)17-10-5-3-4-9(6-10)15(18)19/h7-10,17H,3-6H2,1-2H3,(H,18,19). The fourth-order valence-electron chi connectivity index (χ4n) is 2.73. The number of anilines is 1. The van der Waals surface area contributed by atoms with Gasteiger partial charge in [0.25, 0.3) is 0 Å². The number of hydrogen-bond acceptors (Lipinski definition) is 4. The molecule has 1 aromatic carbocycles. The Kier molecular flexibility index (Phi) is 5.17. The smallest absolute Gasteiger partial charge is 0.306 e. The van der Waals surface area contributed by atoms with Crippen LogP contribution in [0.25, 0.3) is 0 Å². The van der Waals surface area contributed by atoms with E-state index in [9.17, 15) is 4.79 Å². The zero-order valence-corrected chi connectivity index (χ0v) is 12.9. The van der Waals surface area contributed by atoms with Crippen LogP contribution in [0.3, 0.4) is 0 Å². The Morgan fingerprint density at radius 2 is 1.95 bits per heavy atom. The van der Waals surface area contributed by atoms with Gasteiger partial charge in [0, 0.05) is 18.2 Å². The highest BCUT2D eigenvalue weighted by molar-refractivity contribution is 6.33. The molecule has 0 spiro atoms. The Labute approximate surface area is 129 Å². The first kappa shape index (κ1) is 15.8. The molecule has 0 aliphatic heterocycles. The summed E-state index contributed by atoms with van der Waals surface area (Å²) in [7, 11) is 3.12. The van der Waals surface area contributed by atoms with Crippen LogP contribution >= 0.6 is 11.6 Å². The molecule has 116 valence electrons. The molecule has 6 heteroatoms. The van der Waals surface area contributed by atoms with Gasteiger partial charge in [0.1, 0.15) is 0 Å². The summed E-state index contributed by atoms with van der Waals surface area (Å²) in [4.78, 5) is 11.1. The zero-order valence-electron chi connectivity index (χ0n) is 12.2. The molecule has 0 saturated heterocycles. The van der Waals surface area contributed by atoms with Gasteiger partial charge in [-0.15, -0.1) is 0 Å². The van der Waals surface area contributed by atoms with Gasteiger partial charge in [0.05, 0.1) is 30.8 Å². The lowest BCUT2D eigenvalue weighted by molar-refractivity contribution is -0.142. The van der Waals surface area contributed by atoms with Crippen molar-refractivity contribution in [3.8, 4) is 11.5 Å². The number of benzene rings is 1. The van der Waals surface area contributed by atoms with E-state index in [0.29, 0.717) is 22.9 Å². The average Bonchev–Trinajstić information content (AvgIpc) is 2.49. The summed E-state index contributed by atoms with van der Waals surface area (Å²) in [6, 6.07) is 3.58. The number of rotatable bonds is 5. The summed E-state index contributed by atoms with van der Waals surface area (Å²) >= 11 is 6.24. The van der Waals surface area contributed by atoms with E-state index in [1.807, 2.05) is 0 Å². The summed E-state index contributed by atoms with van der Waals surface area (Å²) in [5.41, 5.74) is 0.741. The van der Waals surface area contributed by atoms with E-state index in [2.05, 4.69) is 5.32 Å². The second kappa shape index (κ2) is 6.89. The Morgan fingerprint density at radius 1 is 1.29 bits per heavy atom. The van der Waals surface area contributed by atoms with E-state index < -0.39 is 5.97 Å². The summed E-state index contributed by atoms with van der Waals surface area (Å²) in [5, 5.41) is 13.0. The number of methoxy groups -OCH3 is 2. The van der Waals surface area contributed by atoms with Gasteiger partial charge in [-0.2, -0.15) is 0 Å². The van der Waals surface area contributed by atoms with Crippen LogP contribution in [0.4, 0.5) is 5.69 Å². The highest BCUT2D eigenvalue weighted by atomic mass is 35.5. The maximum atomic E-state index is 11.1. The molecule has 0 heterocycles. The van der Waals surface area contributed by atoms with Crippen LogP contribution in [0.5, 0.6) is 11.5 Å². The van der Waals surface area contributed by atoms with Crippen molar-refractivity contribution in [2.45, 2.75) is 31.7 Å². The molecule has 5 nitrogen and oxygen atoms in total. The molecule has 2 N–H and O–H groups in total. The molecular weight excluding hydrogens is 294 g/mol. The quantitative estimate of drug-likeness (QED) is 0.872. The highest BCUT2D eigenvalue weighted by Crippen LogP contribution is 2.37.